The first-order chi connectivity index (χ1) is 51.2. The zero-order valence-corrected chi connectivity index (χ0v) is 61.7. The topological polar surface area (TPSA) is 253 Å². The van der Waals surface area contributed by atoms with E-state index in [2.05, 4.69) is 124 Å². The van der Waals surface area contributed by atoms with Gasteiger partial charge in [0, 0.05) is 199 Å². The van der Waals surface area contributed by atoms with Crippen LogP contribution in [0.3, 0.4) is 0 Å². The molecule has 6 aliphatic heterocycles. The molecule has 4 aromatic carbocycles. The van der Waals surface area contributed by atoms with Crippen LogP contribution in [0.4, 0.5) is 9.59 Å². The third kappa shape index (κ3) is 20.6. The number of rotatable bonds is 29. The molecule has 105 heavy (non-hydrogen) atoms. The largest absolute Gasteiger partial charge is 0.355 e. The number of amides is 6. The number of urea groups is 2. The lowest BCUT2D eigenvalue weighted by Gasteiger charge is -2.35. The van der Waals surface area contributed by atoms with Crippen LogP contribution >= 0.6 is 23.5 Å². The summed E-state index contributed by atoms with van der Waals surface area (Å²) >= 11 is 3.85. The Hall–Kier alpha value is -9.26. The molecule has 21 nitrogen and oxygen atoms in total. The number of hydrogen-bond donors (Lipinski definition) is 5. The van der Waals surface area contributed by atoms with Crippen LogP contribution in [-0.4, -0.2) is 197 Å². The fourth-order valence-electron chi connectivity index (χ4n) is 14.9. The molecule has 5 N–H and O–H groups in total. The Morgan fingerprint density at radius 1 is 0.505 bits per heavy atom. The minimum atomic E-state index is -0.0480. The molecule has 0 unspecified atom stereocenters. The summed E-state index contributed by atoms with van der Waals surface area (Å²) in [5, 5.41) is 16.1. The molecular formula is C82H95N15O6S2. The van der Waals surface area contributed by atoms with Gasteiger partial charge in [0.25, 0.3) is 0 Å². The van der Waals surface area contributed by atoms with Crippen LogP contribution in [0.5, 0.6) is 0 Å². The summed E-state index contributed by atoms with van der Waals surface area (Å²) in [5.74, 6) is 3.97. The molecule has 6 amide bonds. The molecule has 4 aromatic heterocycles. The molecule has 546 valence electrons. The number of piperazine rings is 2. The van der Waals surface area contributed by atoms with Crippen LogP contribution in [0, 0.1) is 13.8 Å². The number of Topliss-reactive ketones (excluding diaryl/α,β-unsaturated/α-hetero) is 2. The number of carbonyl (C=O) groups is 6. The predicted octanol–water partition coefficient (Wildman–Crippen LogP) is 10.1. The quantitative estimate of drug-likeness (QED) is 0.0166. The van der Waals surface area contributed by atoms with Crippen LogP contribution in [0.15, 0.2) is 159 Å². The average molecular weight is 1450 g/mol. The Labute approximate surface area is 624 Å². The lowest BCUT2D eigenvalue weighted by Crippen LogP contribution is -2.48. The molecule has 0 saturated carbocycles. The number of thioether (sulfide) groups is 2. The maximum absolute atomic E-state index is 13.3. The van der Waals surface area contributed by atoms with E-state index in [0.29, 0.717) is 61.1 Å². The molecule has 14 rings (SSSR count). The van der Waals surface area contributed by atoms with Gasteiger partial charge in [-0.2, -0.15) is 23.5 Å². The van der Waals surface area contributed by atoms with E-state index in [9.17, 15) is 28.8 Å². The normalized spacial score (nSPS) is 20.0. The van der Waals surface area contributed by atoms with Gasteiger partial charge in [-0.3, -0.25) is 43.8 Å². The maximum Gasteiger partial charge on any atom is 0.315 e. The molecule has 6 aliphatic rings. The van der Waals surface area contributed by atoms with Gasteiger partial charge < -0.3 is 31.5 Å². The smallest absolute Gasteiger partial charge is 0.315 e. The summed E-state index contributed by atoms with van der Waals surface area (Å²) in [6.07, 6.45) is 19.5. The number of fused-ring (bicyclic) bond motifs is 2. The van der Waals surface area contributed by atoms with E-state index < -0.39 is 0 Å². The van der Waals surface area contributed by atoms with Crippen molar-refractivity contribution in [3.63, 3.8) is 0 Å². The molecule has 6 saturated heterocycles. The van der Waals surface area contributed by atoms with E-state index in [1.165, 1.54) is 5.56 Å². The van der Waals surface area contributed by atoms with Crippen molar-refractivity contribution in [3.8, 4) is 22.5 Å². The number of aromatic nitrogens is 6. The van der Waals surface area contributed by atoms with Gasteiger partial charge in [-0.25, -0.2) is 29.5 Å². The van der Waals surface area contributed by atoms with Crippen LogP contribution in [0.1, 0.15) is 128 Å². The summed E-state index contributed by atoms with van der Waals surface area (Å²) in [6, 6.07) is 40.9. The highest BCUT2D eigenvalue weighted by atomic mass is 32.2. The van der Waals surface area contributed by atoms with Crippen molar-refractivity contribution in [1.82, 2.24) is 76.1 Å². The number of unbranched alkanes of at least 4 members (excludes halogenated alkanes) is 2. The van der Waals surface area contributed by atoms with E-state index in [-0.39, 0.29) is 59.6 Å². The standard InChI is InChI=1S/C42H50N8O3S.C40H45N7O3S/c1-29-8-9-31(23-34(29)25-39-44-16-14-35(46-39)33-5-4-15-43-26-33)24-37(51)32-12-10-30(11-13-32)27-50-21-19-49(20-22-50)18-17-45-40(52)7-3-2-6-38-41-36(28-54-38)47-42(53)48-41;1-27-8-9-29(21-32(27)23-37-42-16-14-33(43-37)31-5-4-15-41-24-31)22-35(48)30-12-10-28(11-13-30)25-46-17-19-47(20-18-46)38(49)7-3-2-6-36-39-34(26-51-36)44-40(50)45-39/h4-5,8-16,23,26,36,38,41H,2-3,6-7,17-22,24-25,27-28H2,1H3,(H,45,52)(H2,47,48,53);4-5,8-16,21,24,34,36,39H,2-3,6-7,17-20,22-23,25-26H2,1H3,(H2,44,45,50)/t36-,38-,41-;34-,36-,39-/m00/s1. The molecule has 23 heteroatoms. The third-order valence-corrected chi connectivity index (χ3v) is 24.0. The number of carbonyl (C=O) groups excluding carboxylic acids is 6. The molecule has 6 atom stereocenters. The van der Waals surface area contributed by atoms with E-state index in [4.69, 9.17) is 9.97 Å². The number of ketones is 2. The second-order valence-corrected chi connectivity index (χ2v) is 31.1. The Morgan fingerprint density at radius 3 is 1.44 bits per heavy atom. The minimum absolute atomic E-state index is 0.0474. The van der Waals surface area contributed by atoms with E-state index >= 15 is 0 Å². The van der Waals surface area contributed by atoms with E-state index in [1.54, 1.807) is 37.2 Å². The van der Waals surface area contributed by atoms with Crippen molar-refractivity contribution < 1.29 is 28.8 Å². The van der Waals surface area contributed by atoms with Crippen LogP contribution in [-0.2, 0) is 48.4 Å². The highest BCUT2D eigenvalue weighted by Gasteiger charge is 2.44. The van der Waals surface area contributed by atoms with Crippen molar-refractivity contribution >= 4 is 59.0 Å². The molecule has 8 aromatic rings. The first kappa shape index (κ1) is 74.0. The van der Waals surface area contributed by atoms with Crippen molar-refractivity contribution in [2.24, 2.45) is 0 Å². The molecular weight excluding hydrogens is 1360 g/mol. The zero-order valence-electron chi connectivity index (χ0n) is 60.1. The summed E-state index contributed by atoms with van der Waals surface area (Å²) in [4.78, 5) is 111. The number of benzene rings is 4. The van der Waals surface area contributed by atoms with Gasteiger partial charge in [0.15, 0.2) is 11.6 Å². The van der Waals surface area contributed by atoms with Gasteiger partial charge in [-0.05, 0) is 120 Å². The van der Waals surface area contributed by atoms with Crippen molar-refractivity contribution in [1.29, 1.82) is 0 Å². The van der Waals surface area contributed by atoms with Crippen LogP contribution in [0.2, 0.25) is 0 Å². The lowest BCUT2D eigenvalue weighted by atomic mass is 9.97. The molecule has 0 radical (unpaired) electrons. The van der Waals surface area contributed by atoms with Crippen LogP contribution in [0.25, 0.3) is 22.5 Å². The Bertz CT molecular complexity index is 4290. The van der Waals surface area contributed by atoms with Gasteiger partial charge in [0.1, 0.15) is 11.6 Å². The highest BCUT2D eigenvalue weighted by molar-refractivity contribution is 8.00. The van der Waals surface area contributed by atoms with Crippen molar-refractivity contribution in [3.05, 3.63) is 226 Å². The first-order valence-corrected chi connectivity index (χ1v) is 39.3. The first-order valence-electron chi connectivity index (χ1n) is 37.2. The Morgan fingerprint density at radius 2 is 0.962 bits per heavy atom. The molecule has 0 aliphatic carbocycles. The third-order valence-electron chi connectivity index (χ3n) is 21.0. The molecule has 0 bridgehead atoms. The fraction of sp³-hybridized carbons (Fsp3) is 0.415. The minimum Gasteiger partial charge on any atom is -0.355 e. The number of nitrogens with zero attached hydrogens (tertiary/aromatic N) is 10. The van der Waals surface area contributed by atoms with Crippen molar-refractivity contribution in [2.75, 3.05) is 77.0 Å². The highest BCUT2D eigenvalue weighted by Crippen LogP contribution is 2.35. The number of hydrogen-bond acceptors (Lipinski definition) is 17. The van der Waals surface area contributed by atoms with Gasteiger partial charge >= 0.3 is 12.1 Å². The van der Waals surface area contributed by atoms with E-state index in [1.807, 2.05) is 101 Å². The van der Waals surface area contributed by atoms with Gasteiger partial charge in [0.2, 0.25) is 11.8 Å². The summed E-state index contributed by atoms with van der Waals surface area (Å²) in [6.45, 7) is 14.4. The number of pyridine rings is 2. The second-order valence-electron chi connectivity index (χ2n) is 28.5. The number of nitrogens with one attached hydrogen (secondary N) is 5. The lowest BCUT2D eigenvalue weighted by molar-refractivity contribution is -0.133. The van der Waals surface area contributed by atoms with Crippen molar-refractivity contribution in [2.45, 2.75) is 139 Å². The zero-order chi connectivity index (χ0) is 72.4. The second kappa shape index (κ2) is 36.2. The predicted molar refractivity (Wildman–Crippen MR) is 412 cm³/mol. The number of aryl methyl sites for hydroxylation is 2. The maximum atomic E-state index is 13.3. The Balaban J connectivity index is 0.000000187. The molecule has 10 heterocycles. The van der Waals surface area contributed by atoms with Gasteiger partial charge in [0.05, 0.1) is 35.6 Å². The summed E-state index contributed by atoms with van der Waals surface area (Å²) < 4.78 is 0. The summed E-state index contributed by atoms with van der Waals surface area (Å²) in [5.41, 5.74) is 13.9. The van der Waals surface area contributed by atoms with Gasteiger partial charge in [-0.1, -0.05) is 97.8 Å². The average Bonchev–Trinajstić information content (AvgIpc) is 1.13. The Kier molecular flexibility index (Phi) is 25.5. The fourth-order valence-corrected chi connectivity index (χ4v) is 17.9. The van der Waals surface area contributed by atoms with Gasteiger partial charge in [-0.15, -0.1) is 0 Å². The summed E-state index contributed by atoms with van der Waals surface area (Å²) in [7, 11) is 0. The van der Waals surface area contributed by atoms with Crippen LogP contribution < -0.4 is 26.6 Å². The van der Waals surface area contributed by atoms with E-state index in [0.717, 1.165) is 201 Å². The SMILES string of the molecule is Cc1ccc(CC(=O)c2ccc(CN3CCN(C(=O)CCCC[C@@H]4SC[C@@H]5NC(=O)N[C@@H]54)CC3)cc2)cc1Cc1nccc(-c2cccnc2)n1.Cc1ccc(CC(=O)c2ccc(CN3CCN(CCNC(=O)CCCC[C@@H]4SC[C@@H]5NC(=O)N[C@@H]54)CC3)cc2)cc1Cc1nccc(-c2cccnc2)n1. The molecule has 0 spiro atoms. The monoisotopic (exact) mass is 1450 g/mol. The molecule has 6 fully saturated rings.